The van der Waals surface area contributed by atoms with Crippen molar-refractivity contribution in [2.75, 3.05) is 13.1 Å². The quantitative estimate of drug-likeness (QED) is 0.540. The van der Waals surface area contributed by atoms with Crippen LogP contribution in [0, 0.1) is 0 Å². The number of nitrogens with one attached hydrogen (secondary N) is 2. The van der Waals surface area contributed by atoms with Crippen molar-refractivity contribution < 1.29 is 19.5 Å². The standard InChI is InChI=1S/C11H13N3O4/c12-11(18)14-6-5-13-9(15)7-1-3-8(4-2-7)10(16)17/h1-4H,5-6H2,(H,13,15)(H,16,17)(H3,12,14,18). The first-order chi connectivity index (χ1) is 8.50. The highest BCUT2D eigenvalue weighted by Gasteiger charge is 2.07. The van der Waals surface area contributed by atoms with E-state index < -0.39 is 12.0 Å². The van der Waals surface area contributed by atoms with Crippen molar-refractivity contribution in [2.24, 2.45) is 5.73 Å². The van der Waals surface area contributed by atoms with E-state index in [9.17, 15) is 14.4 Å². The average molecular weight is 251 g/mol. The monoisotopic (exact) mass is 251 g/mol. The van der Waals surface area contributed by atoms with Gasteiger partial charge in [0.05, 0.1) is 5.56 Å². The number of hydrogen-bond acceptors (Lipinski definition) is 3. The topological polar surface area (TPSA) is 122 Å². The molecule has 0 spiro atoms. The van der Waals surface area contributed by atoms with Gasteiger partial charge in [0.2, 0.25) is 0 Å². The summed E-state index contributed by atoms with van der Waals surface area (Å²) in [6.45, 7) is 0.469. The van der Waals surface area contributed by atoms with Crippen LogP contribution in [0.2, 0.25) is 0 Å². The summed E-state index contributed by atoms with van der Waals surface area (Å²) in [5.41, 5.74) is 5.31. The molecule has 1 rings (SSSR count). The Morgan fingerprint density at radius 2 is 1.50 bits per heavy atom. The molecule has 0 saturated carbocycles. The average Bonchev–Trinajstić information content (AvgIpc) is 2.34. The molecule has 0 aliphatic carbocycles. The number of carbonyl (C=O) groups excluding carboxylic acids is 2. The molecule has 0 unspecified atom stereocenters. The van der Waals surface area contributed by atoms with Crippen molar-refractivity contribution >= 4 is 17.9 Å². The molecule has 7 nitrogen and oxygen atoms in total. The second-order valence-corrected chi connectivity index (χ2v) is 3.43. The van der Waals surface area contributed by atoms with Crippen LogP contribution in [0.1, 0.15) is 20.7 Å². The van der Waals surface area contributed by atoms with Crippen LogP contribution < -0.4 is 16.4 Å². The Kier molecular flexibility index (Phi) is 4.67. The van der Waals surface area contributed by atoms with Gasteiger partial charge in [0.25, 0.3) is 5.91 Å². The fourth-order valence-electron chi connectivity index (χ4n) is 1.23. The van der Waals surface area contributed by atoms with Crippen molar-refractivity contribution in [3.8, 4) is 0 Å². The predicted molar refractivity (Wildman–Crippen MR) is 63.3 cm³/mol. The highest BCUT2D eigenvalue weighted by atomic mass is 16.4. The minimum atomic E-state index is -1.05. The minimum absolute atomic E-state index is 0.113. The number of carboxylic acids is 1. The zero-order valence-corrected chi connectivity index (χ0v) is 9.47. The van der Waals surface area contributed by atoms with Crippen LogP contribution in [0.5, 0.6) is 0 Å². The molecule has 0 aromatic heterocycles. The summed E-state index contributed by atoms with van der Waals surface area (Å²) in [6, 6.07) is 4.87. The molecule has 3 amide bonds. The fourth-order valence-corrected chi connectivity index (χ4v) is 1.23. The number of benzene rings is 1. The third-order valence-electron chi connectivity index (χ3n) is 2.10. The van der Waals surface area contributed by atoms with Crippen molar-refractivity contribution in [1.29, 1.82) is 0 Å². The van der Waals surface area contributed by atoms with Gasteiger partial charge in [-0.25, -0.2) is 9.59 Å². The van der Waals surface area contributed by atoms with E-state index >= 15 is 0 Å². The smallest absolute Gasteiger partial charge is 0.335 e. The Morgan fingerprint density at radius 1 is 1.00 bits per heavy atom. The Labute approximate surface area is 103 Å². The molecule has 0 aliphatic rings. The lowest BCUT2D eigenvalue weighted by Crippen LogP contribution is -2.37. The van der Waals surface area contributed by atoms with Crippen molar-refractivity contribution in [3.63, 3.8) is 0 Å². The zero-order valence-electron chi connectivity index (χ0n) is 9.47. The van der Waals surface area contributed by atoms with Crippen molar-refractivity contribution in [1.82, 2.24) is 10.6 Å². The third-order valence-corrected chi connectivity index (χ3v) is 2.10. The first kappa shape index (κ1) is 13.5. The molecule has 18 heavy (non-hydrogen) atoms. The Bertz CT molecular complexity index is 456. The van der Waals surface area contributed by atoms with Gasteiger partial charge < -0.3 is 21.5 Å². The Hall–Kier alpha value is -2.57. The predicted octanol–water partition coefficient (Wildman–Crippen LogP) is -0.217. The second kappa shape index (κ2) is 6.24. The molecule has 0 fully saturated rings. The molecule has 0 aliphatic heterocycles. The summed E-state index contributed by atoms with van der Waals surface area (Å²) in [4.78, 5) is 32.5. The van der Waals surface area contributed by atoms with Gasteiger partial charge in [-0.1, -0.05) is 0 Å². The Balaban J connectivity index is 2.46. The number of hydrogen-bond donors (Lipinski definition) is 4. The molecule has 1 aromatic carbocycles. The van der Waals surface area contributed by atoms with Gasteiger partial charge in [-0.3, -0.25) is 4.79 Å². The maximum absolute atomic E-state index is 11.6. The lowest BCUT2D eigenvalue weighted by molar-refractivity contribution is 0.0696. The summed E-state index contributed by atoms with van der Waals surface area (Å²) < 4.78 is 0. The third kappa shape index (κ3) is 4.12. The maximum atomic E-state index is 11.6. The summed E-state index contributed by atoms with van der Waals surface area (Å²) >= 11 is 0. The number of aromatic carboxylic acids is 1. The van der Waals surface area contributed by atoms with Gasteiger partial charge >= 0.3 is 12.0 Å². The van der Waals surface area contributed by atoms with E-state index in [1.54, 1.807) is 0 Å². The summed E-state index contributed by atoms with van der Waals surface area (Å²) in [7, 11) is 0. The number of amides is 3. The molecule has 0 atom stereocenters. The van der Waals surface area contributed by atoms with Gasteiger partial charge in [0.1, 0.15) is 0 Å². The van der Waals surface area contributed by atoms with E-state index in [1.165, 1.54) is 24.3 Å². The van der Waals surface area contributed by atoms with Crippen LogP contribution in [0.4, 0.5) is 4.79 Å². The molecule has 7 heteroatoms. The first-order valence-electron chi connectivity index (χ1n) is 5.15. The largest absolute Gasteiger partial charge is 0.478 e. The highest BCUT2D eigenvalue weighted by Crippen LogP contribution is 2.04. The normalized spacial score (nSPS) is 9.56. The minimum Gasteiger partial charge on any atom is -0.478 e. The number of rotatable bonds is 5. The van der Waals surface area contributed by atoms with Gasteiger partial charge in [-0.2, -0.15) is 0 Å². The fraction of sp³-hybridized carbons (Fsp3) is 0.182. The summed E-state index contributed by atoms with van der Waals surface area (Å²) in [5, 5.41) is 13.6. The van der Waals surface area contributed by atoms with Crippen LogP contribution >= 0.6 is 0 Å². The molecular formula is C11H13N3O4. The van der Waals surface area contributed by atoms with E-state index in [2.05, 4.69) is 10.6 Å². The summed E-state index contributed by atoms with van der Waals surface area (Å²) in [5.74, 6) is -1.40. The zero-order chi connectivity index (χ0) is 13.5. The van der Waals surface area contributed by atoms with Crippen molar-refractivity contribution in [3.05, 3.63) is 35.4 Å². The lowest BCUT2D eigenvalue weighted by Gasteiger charge is -2.05. The van der Waals surface area contributed by atoms with E-state index in [0.29, 0.717) is 5.56 Å². The van der Waals surface area contributed by atoms with Gasteiger partial charge in [0, 0.05) is 18.7 Å². The van der Waals surface area contributed by atoms with Crippen molar-refractivity contribution in [2.45, 2.75) is 0 Å². The first-order valence-corrected chi connectivity index (χ1v) is 5.15. The number of nitrogens with two attached hydrogens (primary N) is 1. The molecule has 96 valence electrons. The number of urea groups is 1. The van der Waals surface area contributed by atoms with Crippen LogP contribution in [-0.2, 0) is 0 Å². The molecule has 1 aromatic rings. The molecule has 0 bridgehead atoms. The molecule has 0 saturated heterocycles. The maximum Gasteiger partial charge on any atom is 0.335 e. The van der Waals surface area contributed by atoms with Gasteiger partial charge in [-0.05, 0) is 24.3 Å². The summed E-state index contributed by atoms with van der Waals surface area (Å²) in [6.07, 6.45) is 0. The number of carbonyl (C=O) groups is 3. The molecule has 5 N–H and O–H groups in total. The van der Waals surface area contributed by atoms with E-state index in [-0.39, 0.29) is 24.6 Å². The van der Waals surface area contributed by atoms with Crippen LogP contribution in [-0.4, -0.2) is 36.1 Å². The highest BCUT2D eigenvalue weighted by molar-refractivity contribution is 5.95. The van der Waals surface area contributed by atoms with Gasteiger partial charge in [0.15, 0.2) is 0 Å². The number of primary amides is 1. The Morgan fingerprint density at radius 3 is 2.00 bits per heavy atom. The number of carboxylic acid groups (broad SMARTS) is 1. The van der Waals surface area contributed by atoms with E-state index in [4.69, 9.17) is 10.8 Å². The van der Waals surface area contributed by atoms with Crippen LogP contribution in [0.25, 0.3) is 0 Å². The van der Waals surface area contributed by atoms with Gasteiger partial charge in [-0.15, -0.1) is 0 Å². The molecule has 0 heterocycles. The van der Waals surface area contributed by atoms with E-state index in [1.807, 2.05) is 0 Å². The second-order valence-electron chi connectivity index (χ2n) is 3.43. The SMILES string of the molecule is NC(=O)NCCNC(=O)c1ccc(C(=O)O)cc1. The molecular weight excluding hydrogens is 238 g/mol. The van der Waals surface area contributed by atoms with E-state index in [0.717, 1.165) is 0 Å². The lowest BCUT2D eigenvalue weighted by atomic mass is 10.1. The van der Waals surface area contributed by atoms with Crippen LogP contribution in [0.15, 0.2) is 24.3 Å². The van der Waals surface area contributed by atoms with Crippen LogP contribution in [0.3, 0.4) is 0 Å². The molecule has 0 radical (unpaired) electrons.